The number of carboxylic acids is 1. The molecule has 0 bridgehead atoms. The molecule has 0 saturated carbocycles. The third-order valence-corrected chi connectivity index (χ3v) is 3.23. The third kappa shape index (κ3) is 8.88. The van der Waals surface area contributed by atoms with Gasteiger partial charge in [-0.05, 0) is 19.8 Å². The van der Waals surface area contributed by atoms with Gasteiger partial charge in [0.1, 0.15) is 12.1 Å². The first-order valence-corrected chi connectivity index (χ1v) is 7.57. The Bertz CT molecular complexity index is 455. The number of hydrogen-bond donors (Lipinski definition) is 7. The Kier molecular flexibility index (Phi) is 9.74. The lowest BCUT2D eigenvalue weighted by Crippen LogP contribution is -2.54. The van der Waals surface area contributed by atoms with E-state index >= 15 is 0 Å². The summed E-state index contributed by atoms with van der Waals surface area (Å²) < 4.78 is 0. The number of guanidine groups is 1. The molecule has 23 heavy (non-hydrogen) atoms. The number of nitrogens with two attached hydrogens (primary N) is 3. The molecule has 0 aliphatic carbocycles. The zero-order chi connectivity index (χ0) is 18.0. The average Bonchev–Trinajstić information content (AvgIpc) is 2.48. The van der Waals surface area contributed by atoms with Crippen molar-refractivity contribution in [1.82, 2.24) is 10.6 Å². The summed E-state index contributed by atoms with van der Waals surface area (Å²) in [6.45, 7) is 1.59. The molecule has 0 fully saturated rings. The Hall–Kier alpha value is -2.01. The first-order chi connectivity index (χ1) is 10.7. The second kappa shape index (κ2) is 10.7. The summed E-state index contributed by atoms with van der Waals surface area (Å²) in [5.74, 6) is -2.32. The summed E-state index contributed by atoms with van der Waals surface area (Å²) >= 11 is 3.91. The molecule has 0 spiro atoms. The van der Waals surface area contributed by atoms with Crippen molar-refractivity contribution in [3.8, 4) is 0 Å². The van der Waals surface area contributed by atoms with E-state index in [1.165, 1.54) is 6.92 Å². The van der Waals surface area contributed by atoms with Gasteiger partial charge in [-0.2, -0.15) is 12.6 Å². The van der Waals surface area contributed by atoms with Gasteiger partial charge in [-0.1, -0.05) is 0 Å². The Balaban J connectivity index is 4.77. The van der Waals surface area contributed by atoms with Gasteiger partial charge >= 0.3 is 5.97 Å². The molecule has 0 aromatic heterocycles. The standard InChI is InChI=1S/C12H24N6O4S/c1-6(11(21)22)17-10(20)8(3-2-4-16-12(14)15)18-9(19)7(13)5-23/h6-8,23H,2-5,13H2,1H3,(H,17,20)(H,18,19)(H,21,22)(H4,14,15,16). The SMILES string of the molecule is CC(NC(=O)C(CCCN=C(N)N)NC(=O)C(N)CS)C(=O)O. The number of rotatable bonds is 10. The van der Waals surface area contributed by atoms with Gasteiger partial charge < -0.3 is 32.9 Å². The van der Waals surface area contributed by atoms with E-state index < -0.39 is 35.9 Å². The van der Waals surface area contributed by atoms with Crippen LogP contribution in [0, 0.1) is 0 Å². The van der Waals surface area contributed by atoms with Crippen molar-refractivity contribution in [2.75, 3.05) is 12.3 Å². The molecule has 0 aromatic rings. The molecule has 3 atom stereocenters. The number of carbonyl (C=O) groups excluding carboxylic acids is 2. The van der Waals surface area contributed by atoms with Crippen LogP contribution in [0.4, 0.5) is 0 Å². The Morgan fingerprint density at radius 1 is 1.22 bits per heavy atom. The predicted octanol–water partition coefficient (Wildman–Crippen LogP) is -2.63. The van der Waals surface area contributed by atoms with E-state index in [1.807, 2.05) is 0 Å². The number of nitrogens with one attached hydrogen (secondary N) is 2. The number of carbonyl (C=O) groups is 3. The number of nitrogens with zero attached hydrogens (tertiary/aromatic N) is 1. The molecular weight excluding hydrogens is 324 g/mol. The van der Waals surface area contributed by atoms with Crippen molar-refractivity contribution in [3.05, 3.63) is 0 Å². The number of carboxylic acid groups (broad SMARTS) is 1. The first kappa shape index (κ1) is 21.0. The van der Waals surface area contributed by atoms with Gasteiger partial charge in [-0.15, -0.1) is 0 Å². The highest BCUT2D eigenvalue weighted by Gasteiger charge is 2.25. The summed E-state index contributed by atoms with van der Waals surface area (Å²) in [5.41, 5.74) is 15.9. The molecule has 132 valence electrons. The minimum atomic E-state index is -1.18. The number of amides is 2. The van der Waals surface area contributed by atoms with Crippen LogP contribution in [-0.2, 0) is 14.4 Å². The molecule has 3 unspecified atom stereocenters. The predicted molar refractivity (Wildman–Crippen MR) is 88.9 cm³/mol. The molecule has 10 nitrogen and oxygen atoms in total. The van der Waals surface area contributed by atoms with Gasteiger partial charge in [0, 0.05) is 12.3 Å². The topological polar surface area (TPSA) is 186 Å². The van der Waals surface area contributed by atoms with Crippen LogP contribution in [0.1, 0.15) is 19.8 Å². The monoisotopic (exact) mass is 348 g/mol. The molecule has 0 aliphatic rings. The molecule has 0 aliphatic heterocycles. The fraction of sp³-hybridized carbons (Fsp3) is 0.667. The summed E-state index contributed by atoms with van der Waals surface area (Å²) in [4.78, 5) is 38.5. The van der Waals surface area contributed by atoms with E-state index in [2.05, 4.69) is 28.3 Å². The number of aliphatic imine (C=N–C) groups is 1. The number of hydrogen-bond acceptors (Lipinski definition) is 6. The summed E-state index contributed by atoms with van der Waals surface area (Å²) in [6, 6.07) is -2.90. The first-order valence-electron chi connectivity index (χ1n) is 6.94. The van der Waals surface area contributed by atoms with Gasteiger partial charge in [0.2, 0.25) is 11.8 Å². The van der Waals surface area contributed by atoms with Crippen molar-refractivity contribution in [2.24, 2.45) is 22.2 Å². The van der Waals surface area contributed by atoms with Crippen molar-refractivity contribution in [2.45, 2.75) is 37.9 Å². The molecule has 0 aromatic carbocycles. The van der Waals surface area contributed by atoms with E-state index in [9.17, 15) is 14.4 Å². The molecule has 0 rings (SSSR count). The van der Waals surface area contributed by atoms with E-state index in [0.29, 0.717) is 6.42 Å². The molecule has 0 heterocycles. The van der Waals surface area contributed by atoms with Gasteiger partial charge in [-0.25, -0.2) is 0 Å². The van der Waals surface area contributed by atoms with E-state index in [1.54, 1.807) is 0 Å². The van der Waals surface area contributed by atoms with E-state index in [4.69, 9.17) is 22.3 Å². The number of aliphatic carboxylic acids is 1. The van der Waals surface area contributed by atoms with Crippen LogP contribution >= 0.6 is 12.6 Å². The molecule has 11 heteroatoms. The summed E-state index contributed by atoms with van der Waals surface area (Å²) in [7, 11) is 0. The lowest BCUT2D eigenvalue weighted by atomic mass is 10.1. The molecular formula is C12H24N6O4S. The lowest BCUT2D eigenvalue weighted by molar-refractivity contribution is -0.141. The van der Waals surface area contributed by atoms with Gasteiger partial charge in [0.05, 0.1) is 6.04 Å². The third-order valence-electron chi connectivity index (χ3n) is 2.84. The highest BCUT2D eigenvalue weighted by molar-refractivity contribution is 7.80. The highest BCUT2D eigenvalue weighted by atomic mass is 32.1. The maximum absolute atomic E-state index is 12.1. The van der Waals surface area contributed by atoms with Crippen molar-refractivity contribution in [3.63, 3.8) is 0 Å². The number of thiol groups is 1. The second-order valence-electron chi connectivity index (χ2n) is 4.87. The minimum Gasteiger partial charge on any atom is -0.480 e. The fourth-order valence-corrected chi connectivity index (χ4v) is 1.68. The van der Waals surface area contributed by atoms with Crippen LogP contribution in [0.3, 0.4) is 0 Å². The van der Waals surface area contributed by atoms with Gasteiger partial charge in [-0.3, -0.25) is 19.4 Å². The Labute approximate surface area is 139 Å². The zero-order valence-electron chi connectivity index (χ0n) is 12.9. The zero-order valence-corrected chi connectivity index (χ0v) is 13.8. The van der Waals surface area contributed by atoms with Crippen molar-refractivity contribution >= 4 is 36.4 Å². The van der Waals surface area contributed by atoms with Crippen LogP contribution in [0.25, 0.3) is 0 Å². The van der Waals surface area contributed by atoms with Crippen LogP contribution in [0.2, 0.25) is 0 Å². The fourth-order valence-electron chi connectivity index (χ4n) is 1.51. The quantitative estimate of drug-likeness (QED) is 0.0973. The van der Waals surface area contributed by atoms with Gasteiger partial charge in [0.15, 0.2) is 5.96 Å². The van der Waals surface area contributed by atoms with Crippen LogP contribution in [0.5, 0.6) is 0 Å². The van der Waals surface area contributed by atoms with Crippen LogP contribution < -0.4 is 27.8 Å². The van der Waals surface area contributed by atoms with Crippen LogP contribution in [-0.4, -0.2) is 59.3 Å². The highest BCUT2D eigenvalue weighted by Crippen LogP contribution is 2.01. The molecule has 2 amide bonds. The average molecular weight is 348 g/mol. The minimum absolute atomic E-state index is 0.0772. The van der Waals surface area contributed by atoms with Gasteiger partial charge in [0.25, 0.3) is 0 Å². The largest absolute Gasteiger partial charge is 0.480 e. The second-order valence-corrected chi connectivity index (χ2v) is 5.23. The Morgan fingerprint density at radius 2 is 1.83 bits per heavy atom. The van der Waals surface area contributed by atoms with Crippen molar-refractivity contribution in [1.29, 1.82) is 0 Å². The van der Waals surface area contributed by atoms with E-state index in [0.717, 1.165) is 0 Å². The van der Waals surface area contributed by atoms with Crippen LogP contribution in [0.15, 0.2) is 4.99 Å². The summed E-state index contributed by atoms with van der Waals surface area (Å²) in [5, 5.41) is 13.6. The molecule has 0 radical (unpaired) electrons. The maximum Gasteiger partial charge on any atom is 0.325 e. The molecule has 9 N–H and O–H groups in total. The van der Waals surface area contributed by atoms with Crippen molar-refractivity contribution < 1.29 is 19.5 Å². The lowest BCUT2D eigenvalue weighted by Gasteiger charge is -2.21. The normalized spacial score (nSPS) is 14.2. The maximum atomic E-state index is 12.1. The molecule has 0 saturated heterocycles. The summed E-state index contributed by atoms with van der Waals surface area (Å²) in [6.07, 6.45) is 0.633. The smallest absolute Gasteiger partial charge is 0.325 e. The van der Waals surface area contributed by atoms with E-state index in [-0.39, 0.29) is 24.7 Å². The Morgan fingerprint density at radius 3 is 2.30 bits per heavy atom.